The van der Waals surface area contributed by atoms with Crippen molar-refractivity contribution in [3.63, 3.8) is 0 Å². The molecule has 3 aliphatic rings. The van der Waals surface area contributed by atoms with Gasteiger partial charge in [0.1, 0.15) is 0 Å². The second-order valence-corrected chi connectivity index (χ2v) is 10.6. The molecule has 0 radical (unpaired) electrons. The van der Waals surface area contributed by atoms with Crippen molar-refractivity contribution in [1.82, 2.24) is 20.4 Å². The van der Waals surface area contributed by atoms with E-state index in [0.29, 0.717) is 6.04 Å². The Kier molecular flexibility index (Phi) is 8.42. The lowest BCUT2D eigenvalue weighted by molar-refractivity contribution is -0.137. The van der Waals surface area contributed by atoms with Crippen LogP contribution in [0.2, 0.25) is 0 Å². The first kappa shape index (κ1) is 25.3. The number of nitrogens with one attached hydrogen (secondary N) is 2. The monoisotopic (exact) mass is 498 g/mol. The van der Waals surface area contributed by atoms with Crippen LogP contribution in [-0.2, 0) is 11.0 Å². The maximum atomic E-state index is 12.8. The van der Waals surface area contributed by atoms with Crippen molar-refractivity contribution >= 4 is 23.6 Å². The summed E-state index contributed by atoms with van der Waals surface area (Å²) in [4.78, 5) is 29.7. The maximum absolute atomic E-state index is 12.8. The zero-order chi connectivity index (χ0) is 24.1. The number of likely N-dealkylation sites (tertiary alicyclic amines) is 1. The quantitative estimate of drug-likeness (QED) is 0.632. The highest BCUT2D eigenvalue weighted by Gasteiger charge is 2.34. The third-order valence-electron chi connectivity index (χ3n) is 7.19. The molecular formula is C24H33F3N4O2S. The van der Waals surface area contributed by atoms with Gasteiger partial charge in [0.25, 0.3) is 5.91 Å². The van der Waals surface area contributed by atoms with Crippen LogP contribution in [0.25, 0.3) is 0 Å². The van der Waals surface area contributed by atoms with Crippen LogP contribution < -0.4 is 10.6 Å². The Balaban J connectivity index is 1.17. The van der Waals surface area contributed by atoms with Gasteiger partial charge >= 0.3 is 6.18 Å². The highest BCUT2D eigenvalue weighted by Crippen LogP contribution is 2.30. The predicted octanol–water partition coefficient (Wildman–Crippen LogP) is 2.99. The van der Waals surface area contributed by atoms with Gasteiger partial charge in [-0.1, -0.05) is 6.07 Å². The van der Waals surface area contributed by atoms with Gasteiger partial charge in [-0.15, -0.1) is 0 Å². The Morgan fingerprint density at radius 1 is 0.971 bits per heavy atom. The average Bonchev–Trinajstić information content (AvgIpc) is 3.31. The molecule has 2 aliphatic heterocycles. The first-order chi connectivity index (χ1) is 16.3. The van der Waals surface area contributed by atoms with Gasteiger partial charge in [-0.25, -0.2) is 0 Å². The first-order valence-corrected chi connectivity index (χ1v) is 13.3. The number of carbonyl (C=O) groups excluding carboxylic acids is 2. The van der Waals surface area contributed by atoms with Crippen LogP contribution >= 0.6 is 11.8 Å². The number of carbonyl (C=O) groups is 2. The summed E-state index contributed by atoms with van der Waals surface area (Å²) >= 11 is 2.05. The molecule has 34 heavy (non-hydrogen) atoms. The molecule has 1 aliphatic carbocycles. The van der Waals surface area contributed by atoms with E-state index < -0.39 is 17.6 Å². The number of alkyl halides is 3. The SMILES string of the molecule is O=C(CNC(=O)c1cccc(C(F)(F)F)c1)N[C@@H]1CCN(C2CCC(N3CCSCC3)CC2)C1. The van der Waals surface area contributed by atoms with E-state index in [0.717, 1.165) is 37.7 Å². The van der Waals surface area contributed by atoms with Gasteiger partial charge in [0, 0.05) is 61.4 Å². The molecule has 2 amide bonds. The van der Waals surface area contributed by atoms with E-state index in [-0.39, 0.29) is 24.1 Å². The van der Waals surface area contributed by atoms with Crippen molar-refractivity contribution in [2.75, 3.05) is 44.2 Å². The highest BCUT2D eigenvalue weighted by molar-refractivity contribution is 7.99. The minimum Gasteiger partial charge on any atom is -0.350 e. The number of hydrogen-bond donors (Lipinski definition) is 2. The predicted molar refractivity (Wildman–Crippen MR) is 127 cm³/mol. The van der Waals surface area contributed by atoms with Gasteiger partial charge in [-0.3, -0.25) is 19.4 Å². The van der Waals surface area contributed by atoms with Crippen molar-refractivity contribution in [3.05, 3.63) is 35.4 Å². The molecule has 3 fully saturated rings. The normalized spacial score (nSPS) is 26.9. The molecule has 2 N–H and O–H groups in total. The molecule has 0 unspecified atom stereocenters. The molecule has 188 valence electrons. The number of benzene rings is 1. The summed E-state index contributed by atoms with van der Waals surface area (Å²) in [7, 11) is 0. The van der Waals surface area contributed by atoms with Gasteiger partial charge in [-0.2, -0.15) is 24.9 Å². The standard InChI is InChI=1S/C24H33F3N4O2S/c25-24(26,27)18-3-1-2-17(14-18)23(33)28-15-22(32)29-19-8-9-31(16-19)21-6-4-20(5-7-21)30-10-12-34-13-11-30/h1-3,14,19-21H,4-13,15-16H2,(H,28,33)(H,29,32)/t19-,20?,21?/m1/s1. The molecule has 0 bridgehead atoms. The Morgan fingerprint density at radius 3 is 2.32 bits per heavy atom. The van der Waals surface area contributed by atoms with Crippen LogP contribution in [0.5, 0.6) is 0 Å². The molecule has 0 aromatic heterocycles. The summed E-state index contributed by atoms with van der Waals surface area (Å²) in [6.07, 6.45) is 1.23. The van der Waals surface area contributed by atoms with Gasteiger partial charge in [-0.05, 0) is 50.3 Å². The number of thioether (sulfide) groups is 1. The second-order valence-electron chi connectivity index (χ2n) is 9.42. The number of nitrogens with zero attached hydrogens (tertiary/aromatic N) is 2. The van der Waals surface area contributed by atoms with Gasteiger partial charge in [0.05, 0.1) is 12.1 Å². The molecular weight excluding hydrogens is 465 g/mol. The Labute approximate surface area is 203 Å². The van der Waals surface area contributed by atoms with Gasteiger partial charge in [0.2, 0.25) is 5.91 Å². The van der Waals surface area contributed by atoms with Gasteiger partial charge in [0.15, 0.2) is 0 Å². The molecule has 1 aromatic rings. The lowest BCUT2D eigenvalue weighted by Gasteiger charge is -2.41. The van der Waals surface area contributed by atoms with E-state index in [4.69, 9.17) is 0 Å². The van der Waals surface area contributed by atoms with E-state index in [1.165, 1.54) is 62.4 Å². The summed E-state index contributed by atoms with van der Waals surface area (Å²) in [5, 5.41) is 5.39. The Hall–Kier alpha value is -1.78. The zero-order valence-corrected chi connectivity index (χ0v) is 20.1. The van der Waals surface area contributed by atoms with Crippen molar-refractivity contribution in [2.24, 2.45) is 0 Å². The molecule has 10 heteroatoms. The number of amides is 2. The van der Waals surface area contributed by atoms with Crippen LogP contribution in [0, 0.1) is 0 Å². The Morgan fingerprint density at radius 2 is 1.65 bits per heavy atom. The summed E-state index contributed by atoms with van der Waals surface area (Å²) < 4.78 is 38.5. The van der Waals surface area contributed by atoms with Crippen LogP contribution in [0.3, 0.4) is 0 Å². The number of halogens is 3. The lowest BCUT2D eigenvalue weighted by Crippen LogP contribution is -2.47. The number of hydrogen-bond acceptors (Lipinski definition) is 5. The molecule has 2 saturated heterocycles. The minimum absolute atomic E-state index is 0.0369. The molecule has 4 rings (SSSR count). The van der Waals surface area contributed by atoms with Crippen molar-refractivity contribution in [3.8, 4) is 0 Å². The van der Waals surface area contributed by atoms with E-state index in [1.54, 1.807) is 0 Å². The van der Waals surface area contributed by atoms with E-state index in [1.807, 2.05) is 11.8 Å². The van der Waals surface area contributed by atoms with Gasteiger partial charge < -0.3 is 10.6 Å². The summed E-state index contributed by atoms with van der Waals surface area (Å²) in [6, 6.07) is 5.51. The third-order valence-corrected chi connectivity index (χ3v) is 8.13. The topological polar surface area (TPSA) is 64.7 Å². The van der Waals surface area contributed by atoms with E-state index in [2.05, 4.69) is 20.4 Å². The Bertz CT molecular complexity index is 855. The molecule has 0 spiro atoms. The third kappa shape index (κ3) is 6.66. The largest absolute Gasteiger partial charge is 0.416 e. The summed E-state index contributed by atoms with van der Waals surface area (Å²) in [6.45, 7) is 3.93. The van der Waals surface area contributed by atoms with E-state index >= 15 is 0 Å². The number of rotatable bonds is 6. The molecule has 1 atom stereocenters. The molecule has 6 nitrogen and oxygen atoms in total. The lowest BCUT2D eigenvalue weighted by atomic mass is 9.89. The van der Waals surface area contributed by atoms with Crippen LogP contribution in [0.15, 0.2) is 24.3 Å². The maximum Gasteiger partial charge on any atom is 0.416 e. The molecule has 2 heterocycles. The average molecular weight is 499 g/mol. The highest BCUT2D eigenvalue weighted by atomic mass is 32.2. The van der Waals surface area contributed by atoms with Crippen molar-refractivity contribution in [1.29, 1.82) is 0 Å². The minimum atomic E-state index is -4.52. The molecule has 1 aromatic carbocycles. The fourth-order valence-electron chi connectivity index (χ4n) is 5.35. The van der Waals surface area contributed by atoms with E-state index in [9.17, 15) is 22.8 Å². The first-order valence-electron chi connectivity index (χ1n) is 12.1. The molecule has 1 saturated carbocycles. The van der Waals surface area contributed by atoms with Crippen molar-refractivity contribution < 1.29 is 22.8 Å². The fraction of sp³-hybridized carbons (Fsp3) is 0.667. The van der Waals surface area contributed by atoms with Crippen molar-refractivity contribution in [2.45, 2.75) is 56.4 Å². The smallest absolute Gasteiger partial charge is 0.350 e. The summed E-state index contributed by atoms with van der Waals surface area (Å²) in [5.41, 5.74) is -1.01. The van der Waals surface area contributed by atoms with Crippen LogP contribution in [0.1, 0.15) is 48.0 Å². The fourth-order valence-corrected chi connectivity index (χ4v) is 6.28. The second kappa shape index (κ2) is 11.3. The van der Waals surface area contributed by atoms with Crippen LogP contribution in [-0.4, -0.2) is 84.0 Å². The zero-order valence-electron chi connectivity index (χ0n) is 19.3. The summed E-state index contributed by atoms with van der Waals surface area (Å²) in [5.74, 6) is 1.47. The van der Waals surface area contributed by atoms with Crippen LogP contribution in [0.4, 0.5) is 13.2 Å².